The van der Waals surface area contributed by atoms with Gasteiger partial charge in [-0.2, -0.15) is 0 Å². The Morgan fingerprint density at radius 3 is 1.96 bits per heavy atom. The molecule has 2 rings (SSSR count). The van der Waals surface area contributed by atoms with Crippen LogP contribution in [0.1, 0.15) is 29.1 Å². The van der Waals surface area contributed by atoms with Crippen LogP contribution >= 0.6 is 11.3 Å². The van der Waals surface area contributed by atoms with E-state index in [1.54, 1.807) is 12.3 Å². The summed E-state index contributed by atoms with van der Waals surface area (Å²) in [6, 6.07) is 4.64. The van der Waals surface area contributed by atoms with E-state index in [1.807, 2.05) is 6.92 Å². The van der Waals surface area contributed by atoms with Crippen molar-refractivity contribution in [2.45, 2.75) is 20.8 Å². The second-order valence-corrected chi connectivity index (χ2v) is 6.13. The van der Waals surface area contributed by atoms with Gasteiger partial charge in [0.15, 0.2) is 5.13 Å². The average molecular weight is 332 g/mol. The molecule has 0 unspecified atom stereocenters. The number of nitrogens with zero attached hydrogens (tertiary/aromatic N) is 1. The Morgan fingerprint density at radius 2 is 1.52 bits per heavy atom. The van der Waals surface area contributed by atoms with Gasteiger partial charge >= 0.3 is 0 Å². The van der Waals surface area contributed by atoms with Crippen molar-refractivity contribution in [2.24, 2.45) is 0 Å². The van der Waals surface area contributed by atoms with E-state index in [-0.39, 0.29) is 17.7 Å². The van der Waals surface area contributed by atoms with Gasteiger partial charge in [0, 0.05) is 41.9 Å². The van der Waals surface area contributed by atoms with E-state index in [9.17, 15) is 14.4 Å². The maximum absolute atomic E-state index is 12.3. The van der Waals surface area contributed by atoms with E-state index < -0.39 is 0 Å². The number of hydrogen-bond donors (Lipinski definition) is 3. The Balaban J connectivity index is 2.29. The lowest BCUT2D eigenvalue weighted by Gasteiger charge is -2.10. The minimum atomic E-state index is -0.377. The number of aromatic nitrogens is 1. The van der Waals surface area contributed by atoms with Crippen LogP contribution in [0.3, 0.4) is 0 Å². The van der Waals surface area contributed by atoms with E-state index in [2.05, 4.69) is 20.9 Å². The zero-order chi connectivity index (χ0) is 17.0. The number of aryl methyl sites for hydroxylation is 1. The molecule has 3 N–H and O–H groups in total. The molecule has 0 bridgehead atoms. The fourth-order valence-electron chi connectivity index (χ4n) is 1.89. The molecule has 0 atom stereocenters. The molecule has 0 saturated carbocycles. The monoisotopic (exact) mass is 332 g/mol. The van der Waals surface area contributed by atoms with Gasteiger partial charge in [0.2, 0.25) is 11.8 Å². The fraction of sp³-hybridized carbons (Fsp3) is 0.200. The molecular weight excluding hydrogens is 316 g/mol. The highest BCUT2D eigenvalue weighted by atomic mass is 32.1. The number of thiazole rings is 1. The number of hydrogen-bond acceptors (Lipinski definition) is 5. The summed E-state index contributed by atoms with van der Waals surface area (Å²) < 4.78 is 0. The van der Waals surface area contributed by atoms with Crippen LogP contribution in [0.15, 0.2) is 24.4 Å². The Hall–Kier alpha value is -2.74. The molecule has 0 aliphatic rings. The molecule has 0 spiro atoms. The number of nitrogens with one attached hydrogen (secondary N) is 3. The molecule has 1 aromatic heterocycles. The van der Waals surface area contributed by atoms with Crippen molar-refractivity contribution < 1.29 is 14.4 Å². The summed E-state index contributed by atoms with van der Waals surface area (Å²) in [7, 11) is 0. The first-order valence-electron chi connectivity index (χ1n) is 6.77. The molecule has 3 amide bonds. The summed E-state index contributed by atoms with van der Waals surface area (Å²) in [5, 5.41) is 8.36. The molecule has 7 nitrogen and oxygen atoms in total. The van der Waals surface area contributed by atoms with Crippen molar-refractivity contribution in [1.82, 2.24) is 4.98 Å². The second-order valence-electron chi connectivity index (χ2n) is 4.89. The zero-order valence-corrected chi connectivity index (χ0v) is 13.7. The van der Waals surface area contributed by atoms with E-state index in [1.165, 1.54) is 37.3 Å². The van der Waals surface area contributed by atoms with Gasteiger partial charge in [0.25, 0.3) is 5.91 Å². The molecule has 120 valence electrons. The molecule has 0 aliphatic heterocycles. The number of benzene rings is 1. The Labute approximate surface area is 137 Å². The lowest BCUT2D eigenvalue weighted by Crippen LogP contribution is -2.15. The maximum Gasteiger partial charge on any atom is 0.257 e. The maximum atomic E-state index is 12.3. The molecule has 0 aliphatic carbocycles. The molecule has 0 fully saturated rings. The van der Waals surface area contributed by atoms with Crippen LogP contribution in [0.4, 0.5) is 16.5 Å². The van der Waals surface area contributed by atoms with Gasteiger partial charge in [-0.15, -0.1) is 11.3 Å². The van der Waals surface area contributed by atoms with Crippen molar-refractivity contribution in [3.63, 3.8) is 0 Å². The third-order valence-electron chi connectivity index (χ3n) is 2.68. The van der Waals surface area contributed by atoms with Crippen LogP contribution in [0, 0.1) is 6.92 Å². The summed E-state index contributed by atoms with van der Waals surface area (Å²) in [5.41, 5.74) is 1.14. The van der Waals surface area contributed by atoms with E-state index >= 15 is 0 Å². The lowest BCUT2D eigenvalue weighted by molar-refractivity contribution is -0.115. The van der Waals surface area contributed by atoms with Crippen molar-refractivity contribution >= 4 is 45.6 Å². The third-order valence-corrected chi connectivity index (χ3v) is 3.51. The number of amides is 3. The first kappa shape index (κ1) is 16.6. The molecule has 1 aromatic carbocycles. The minimum absolute atomic E-state index is 0.271. The minimum Gasteiger partial charge on any atom is -0.326 e. The molecule has 23 heavy (non-hydrogen) atoms. The van der Waals surface area contributed by atoms with Gasteiger partial charge < -0.3 is 10.6 Å². The largest absolute Gasteiger partial charge is 0.326 e. The van der Waals surface area contributed by atoms with Crippen molar-refractivity contribution in [1.29, 1.82) is 0 Å². The van der Waals surface area contributed by atoms with Crippen molar-refractivity contribution in [3.8, 4) is 0 Å². The van der Waals surface area contributed by atoms with E-state index in [0.717, 1.165) is 4.88 Å². The average Bonchev–Trinajstić information content (AvgIpc) is 2.82. The normalized spacial score (nSPS) is 10.0. The lowest BCUT2D eigenvalue weighted by atomic mass is 10.1. The summed E-state index contributed by atoms with van der Waals surface area (Å²) in [5.74, 6) is -0.920. The molecule has 0 radical (unpaired) electrons. The summed E-state index contributed by atoms with van der Waals surface area (Å²) in [4.78, 5) is 39.8. The van der Waals surface area contributed by atoms with Crippen LogP contribution in [0.5, 0.6) is 0 Å². The van der Waals surface area contributed by atoms with Crippen molar-refractivity contribution in [2.75, 3.05) is 16.0 Å². The van der Waals surface area contributed by atoms with Crippen molar-refractivity contribution in [3.05, 3.63) is 34.8 Å². The first-order chi connectivity index (χ1) is 10.8. The number of carbonyl (C=O) groups excluding carboxylic acids is 3. The van der Waals surface area contributed by atoms with Crippen LogP contribution in [0.25, 0.3) is 0 Å². The zero-order valence-electron chi connectivity index (χ0n) is 12.9. The number of anilines is 3. The predicted octanol–water partition coefficient (Wildman–Crippen LogP) is 2.62. The van der Waals surface area contributed by atoms with Gasteiger partial charge in [-0.1, -0.05) is 0 Å². The van der Waals surface area contributed by atoms with Gasteiger partial charge in [-0.25, -0.2) is 4.98 Å². The Kier molecular flexibility index (Phi) is 5.07. The second kappa shape index (κ2) is 7.01. The molecule has 1 heterocycles. The number of rotatable bonds is 4. The van der Waals surface area contributed by atoms with Gasteiger partial charge in [0.05, 0.1) is 0 Å². The molecular formula is C15H16N4O3S. The summed E-state index contributed by atoms with van der Waals surface area (Å²) in [6.45, 7) is 4.62. The highest BCUT2D eigenvalue weighted by molar-refractivity contribution is 7.15. The van der Waals surface area contributed by atoms with Crippen LogP contribution in [-0.4, -0.2) is 22.7 Å². The fourth-order valence-corrected chi connectivity index (χ4v) is 2.55. The molecule has 2 aromatic rings. The predicted molar refractivity (Wildman–Crippen MR) is 89.9 cm³/mol. The number of carbonyl (C=O) groups is 3. The topological polar surface area (TPSA) is 100 Å². The highest BCUT2D eigenvalue weighted by Crippen LogP contribution is 2.22. The Bertz CT molecular complexity index is 736. The summed E-state index contributed by atoms with van der Waals surface area (Å²) in [6.07, 6.45) is 1.66. The highest BCUT2D eigenvalue weighted by Gasteiger charge is 2.12. The Morgan fingerprint density at radius 1 is 0.957 bits per heavy atom. The standard InChI is InChI=1S/C15H16N4O3S/c1-8-7-16-15(23-8)19-14(22)11-4-12(17-9(2)20)6-13(5-11)18-10(3)21/h4-7H,1-3H3,(H,17,20)(H,18,21)(H,16,19,22). The van der Waals surface area contributed by atoms with Gasteiger partial charge in [-0.3, -0.25) is 19.7 Å². The van der Waals surface area contributed by atoms with Gasteiger partial charge in [-0.05, 0) is 25.1 Å². The first-order valence-corrected chi connectivity index (χ1v) is 7.59. The summed E-state index contributed by atoms with van der Waals surface area (Å²) >= 11 is 1.36. The third kappa shape index (κ3) is 4.89. The van der Waals surface area contributed by atoms with E-state index in [0.29, 0.717) is 22.1 Å². The SMILES string of the molecule is CC(=O)Nc1cc(NC(C)=O)cc(C(=O)Nc2ncc(C)s2)c1. The van der Waals surface area contributed by atoms with Crippen LogP contribution in [-0.2, 0) is 9.59 Å². The van der Waals surface area contributed by atoms with Crippen LogP contribution < -0.4 is 16.0 Å². The van der Waals surface area contributed by atoms with Crippen LogP contribution in [0.2, 0.25) is 0 Å². The van der Waals surface area contributed by atoms with Gasteiger partial charge in [0.1, 0.15) is 0 Å². The smallest absolute Gasteiger partial charge is 0.257 e. The quantitative estimate of drug-likeness (QED) is 0.801. The molecule has 0 saturated heterocycles. The van der Waals surface area contributed by atoms with E-state index in [4.69, 9.17) is 0 Å². The molecule has 8 heteroatoms.